The average Bonchev–Trinajstić information content (AvgIpc) is 3.56. The van der Waals surface area contributed by atoms with Crippen molar-refractivity contribution in [3.8, 4) is 11.1 Å². The van der Waals surface area contributed by atoms with Crippen LogP contribution in [0.15, 0.2) is 46.9 Å². The van der Waals surface area contributed by atoms with Crippen LogP contribution in [0.1, 0.15) is 46.2 Å². The molecule has 2 saturated heterocycles. The summed E-state index contributed by atoms with van der Waals surface area (Å²) in [7, 11) is 0. The third-order valence-corrected chi connectivity index (χ3v) is 7.99. The van der Waals surface area contributed by atoms with Gasteiger partial charge in [-0.1, -0.05) is 30.3 Å². The molecule has 0 spiro atoms. The molecule has 6 rings (SSSR count). The Kier molecular flexibility index (Phi) is 6.13. The molecule has 38 heavy (non-hydrogen) atoms. The van der Waals surface area contributed by atoms with Gasteiger partial charge in [-0.05, 0) is 36.1 Å². The SMILES string of the molecule is CC(=O)N1CCCC(C(=O)N2CCN(C(=O)c3cc4cccc(-c5cccc6c5CNC6=O)c4o3)CC2)C1. The van der Waals surface area contributed by atoms with E-state index in [-0.39, 0.29) is 35.3 Å². The Morgan fingerprint density at radius 2 is 1.61 bits per heavy atom. The second-order valence-electron chi connectivity index (χ2n) is 10.3. The number of piperidine rings is 1. The Bertz CT molecular complexity index is 1450. The molecule has 2 aromatic carbocycles. The van der Waals surface area contributed by atoms with Crippen molar-refractivity contribution in [2.45, 2.75) is 26.3 Å². The van der Waals surface area contributed by atoms with Gasteiger partial charge in [0, 0.05) is 69.3 Å². The summed E-state index contributed by atoms with van der Waals surface area (Å²) in [6.45, 7) is 4.97. The van der Waals surface area contributed by atoms with Gasteiger partial charge in [-0.3, -0.25) is 19.2 Å². The number of piperazine rings is 1. The molecule has 9 heteroatoms. The van der Waals surface area contributed by atoms with Crippen LogP contribution in [0.3, 0.4) is 0 Å². The number of fused-ring (bicyclic) bond motifs is 2. The van der Waals surface area contributed by atoms with Gasteiger partial charge in [0.05, 0.1) is 5.92 Å². The smallest absolute Gasteiger partial charge is 0.289 e. The van der Waals surface area contributed by atoms with Crippen molar-refractivity contribution in [3.05, 3.63) is 59.4 Å². The van der Waals surface area contributed by atoms with E-state index in [1.165, 1.54) is 0 Å². The Balaban J connectivity index is 1.17. The highest BCUT2D eigenvalue weighted by molar-refractivity contribution is 6.04. The molecule has 1 N–H and O–H groups in total. The highest BCUT2D eigenvalue weighted by atomic mass is 16.3. The number of hydrogen-bond donors (Lipinski definition) is 1. The number of nitrogens with one attached hydrogen (secondary N) is 1. The number of rotatable bonds is 3. The van der Waals surface area contributed by atoms with Crippen LogP contribution in [0.5, 0.6) is 0 Å². The molecule has 196 valence electrons. The fourth-order valence-electron chi connectivity index (χ4n) is 5.90. The molecule has 1 atom stereocenters. The largest absolute Gasteiger partial charge is 0.450 e. The Hall–Kier alpha value is -4.14. The van der Waals surface area contributed by atoms with Crippen molar-refractivity contribution in [1.82, 2.24) is 20.0 Å². The number of hydrogen-bond acceptors (Lipinski definition) is 5. The van der Waals surface area contributed by atoms with Crippen molar-refractivity contribution in [2.24, 2.45) is 5.92 Å². The third kappa shape index (κ3) is 4.21. The number of carbonyl (C=O) groups excluding carboxylic acids is 4. The van der Waals surface area contributed by atoms with E-state index >= 15 is 0 Å². The van der Waals surface area contributed by atoms with E-state index in [4.69, 9.17) is 4.42 Å². The number of likely N-dealkylation sites (tertiary alicyclic amines) is 1. The zero-order chi connectivity index (χ0) is 26.4. The predicted molar refractivity (Wildman–Crippen MR) is 140 cm³/mol. The number of para-hydroxylation sites is 1. The molecule has 4 heterocycles. The molecule has 0 radical (unpaired) electrons. The minimum Gasteiger partial charge on any atom is -0.450 e. The number of benzene rings is 2. The van der Waals surface area contributed by atoms with E-state index in [2.05, 4.69) is 5.32 Å². The normalized spacial score (nSPS) is 19.4. The summed E-state index contributed by atoms with van der Waals surface area (Å²) >= 11 is 0. The fraction of sp³-hybridized carbons (Fsp3) is 0.379. The quantitative estimate of drug-likeness (QED) is 0.579. The van der Waals surface area contributed by atoms with Crippen LogP contribution in [0, 0.1) is 5.92 Å². The van der Waals surface area contributed by atoms with Crippen molar-refractivity contribution >= 4 is 34.6 Å². The topological polar surface area (TPSA) is 103 Å². The van der Waals surface area contributed by atoms with Crippen molar-refractivity contribution in [2.75, 3.05) is 39.3 Å². The highest BCUT2D eigenvalue weighted by Crippen LogP contribution is 2.36. The number of carbonyl (C=O) groups is 4. The summed E-state index contributed by atoms with van der Waals surface area (Å²) in [6, 6.07) is 13.2. The molecule has 3 aliphatic rings. The van der Waals surface area contributed by atoms with Gasteiger partial charge in [0.15, 0.2) is 5.76 Å². The van der Waals surface area contributed by atoms with E-state index in [9.17, 15) is 19.2 Å². The van der Waals surface area contributed by atoms with Crippen LogP contribution in [0.25, 0.3) is 22.1 Å². The molecule has 2 fully saturated rings. The van der Waals surface area contributed by atoms with Gasteiger partial charge < -0.3 is 24.4 Å². The van der Waals surface area contributed by atoms with Crippen molar-refractivity contribution in [3.63, 3.8) is 0 Å². The summed E-state index contributed by atoms with van der Waals surface area (Å²) in [5.74, 6) is -0.114. The van der Waals surface area contributed by atoms with Crippen molar-refractivity contribution < 1.29 is 23.6 Å². The highest BCUT2D eigenvalue weighted by Gasteiger charge is 2.33. The van der Waals surface area contributed by atoms with E-state index < -0.39 is 0 Å². The standard InChI is InChI=1S/C29H30N4O5/c1-18(34)33-10-4-6-20(17-33)28(36)31-11-13-32(14-12-31)29(37)25-15-19-5-2-8-22(26(19)38-25)21-7-3-9-23-24(21)16-30-27(23)35/h2-3,5,7-9,15,20H,4,6,10-14,16-17H2,1H3,(H,30,35). The molecular formula is C29H30N4O5. The first-order chi connectivity index (χ1) is 18.4. The zero-order valence-electron chi connectivity index (χ0n) is 21.4. The Labute approximate surface area is 220 Å². The van der Waals surface area contributed by atoms with Crippen LogP contribution in [0.4, 0.5) is 0 Å². The molecule has 3 aliphatic heterocycles. The lowest BCUT2D eigenvalue weighted by Gasteiger charge is -2.38. The molecule has 3 aromatic rings. The maximum absolute atomic E-state index is 13.4. The summed E-state index contributed by atoms with van der Waals surface area (Å²) in [5.41, 5.74) is 3.97. The Morgan fingerprint density at radius 3 is 2.39 bits per heavy atom. The van der Waals surface area contributed by atoms with Gasteiger partial charge in [0.2, 0.25) is 11.8 Å². The Morgan fingerprint density at radius 1 is 0.895 bits per heavy atom. The van der Waals surface area contributed by atoms with Gasteiger partial charge >= 0.3 is 0 Å². The van der Waals surface area contributed by atoms with E-state index in [0.29, 0.717) is 57.0 Å². The first-order valence-corrected chi connectivity index (χ1v) is 13.2. The first kappa shape index (κ1) is 24.2. The van der Waals surface area contributed by atoms with E-state index in [1.807, 2.05) is 41.3 Å². The molecule has 0 aliphatic carbocycles. The van der Waals surface area contributed by atoms with Crippen LogP contribution in [0.2, 0.25) is 0 Å². The second-order valence-corrected chi connectivity index (χ2v) is 10.3. The van der Waals surface area contributed by atoms with E-state index in [1.54, 1.807) is 22.8 Å². The summed E-state index contributed by atoms with van der Waals surface area (Å²) < 4.78 is 6.14. The van der Waals surface area contributed by atoms with Gasteiger partial charge in [0.1, 0.15) is 5.58 Å². The lowest BCUT2D eigenvalue weighted by atomic mass is 9.96. The van der Waals surface area contributed by atoms with Crippen molar-refractivity contribution in [1.29, 1.82) is 0 Å². The maximum Gasteiger partial charge on any atom is 0.289 e. The number of amides is 4. The second kappa shape index (κ2) is 9.63. The lowest BCUT2D eigenvalue weighted by Crippen LogP contribution is -2.54. The van der Waals surface area contributed by atoms with Crippen LogP contribution in [-0.4, -0.2) is 77.6 Å². The van der Waals surface area contributed by atoms with Gasteiger partial charge in [-0.15, -0.1) is 0 Å². The third-order valence-electron chi connectivity index (χ3n) is 7.99. The van der Waals surface area contributed by atoms with Crippen LogP contribution >= 0.6 is 0 Å². The van der Waals surface area contributed by atoms with Gasteiger partial charge in [-0.2, -0.15) is 0 Å². The monoisotopic (exact) mass is 514 g/mol. The molecule has 1 unspecified atom stereocenters. The fourth-order valence-corrected chi connectivity index (χ4v) is 5.90. The van der Waals surface area contributed by atoms with Crippen LogP contribution in [-0.2, 0) is 16.1 Å². The van der Waals surface area contributed by atoms with Gasteiger partial charge in [-0.25, -0.2) is 0 Å². The number of furan rings is 1. The minimum atomic E-state index is -0.199. The first-order valence-electron chi connectivity index (χ1n) is 13.2. The molecule has 1 aromatic heterocycles. The molecular weight excluding hydrogens is 484 g/mol. The maximum atomic E-state index is 13.4. The lowest BCUT2D eigenvalue weighted by molar-refractivity contribution is -0.141. The average molecular weight is 515 g/mol. The summed E-state index contributed by atoms with van der Waals surface area (Å²) in [5, 5.41) is 3.69. The minimum absolute atomic E-state index is 0.00807. The molecule has 4 amide bonds. The van der Waals surface area contributed by atoms with Gasteiger partial charge in [0.25, 0.3) is 11.8 Å². The molecule has 0 saturated carbocycles. The predicted octanol–water partition coefficient (Wildman–Crippen LogP) is 2.89. The van der Waals surface area contributed by atoms with E-state index in [0.717, 1.165) is 34.9 Å². The molecule has 0 bridgehead atoms. The molecule has 9 nitrogen and oxygen atoms in total. The number of nitrogens with zero attached hydrogens (tertiary/aromatic N) is 3. The summed E-state index contributed by atoms with van der Waals surface area (Å²) in [4.78, 5) is 55.7. The zero-order valence-corrected chi connectivity index (χ0v) is 21.4. The summed E-state index contributed by atoms with van der Waals surface area (Å²) in [6.07, 6.45) is 1.62. The van der Waals surface area contributed by atoms with Crippen LogP contribution < -0.4 is 5.32 Å².